The second-order valence-electron chi connectivity index (χ2n) is 2.96. The minimum Gasteiger partial charge on any atom is -0.506 e. The molecule has 14 heavy (non-hydrogen) atoms. The van der Waals surface area contributed by atoms with E-state index in [0.29, 0.717) is 23.4 Å². The van der Waals surface area contributed by atoms with Crippen molar-refractivity contribution in [3.8, 4) is 5.75 Å². The summed E-state index contributed by atoms with van der Waals surface area (Å²) in [5.74, 6) is 0.138. The molecule has 0 bridgehead atoms. The van der Waals surface area contributed by atoms with Crippen molar-refractivity contribution in [1.29, 1.82) is 0 Å². The third kappa shape index (κ3) is 2.20. The molecule has 1 heterocycles. The molecule has 0 fully saturated rings. The lowest BCUT2D eigenvalue weighted by molar-refractivity contribution is 0.278. The Labute approximate surface area is 82.8 Å². The summed E-state index contributed by atoms with van der Waals surface area (Å²) in [6.45, 7) is 2.04. The predicted octanol–water partition coefficient (Wildman–Crippen LogP) is -0.188. The van der Waals surface area contributed by atoms with E-state index < -0.39 is 0 Å². The molecule has 1 aromatic heterocycles. The van der Waals surface area contributed by atoms with Crippen molar-refractivity contribution in [3.63, 3.8) is 0 Å². The highest BCUT2D eigenvalue weighted by atomic mass is 16.3. The molecule has 0 aromatic carbocycles. The third-order valence-corrected chi connectivity index (χ3v) is 2.04. The quantitative estimate of drug-likeness (QED) is 0.503. The lowest BCUT2D eigenvalue weighted by atomic mass is 10.1. The van der Waals surface area contributed by atoms with Gasteiger partial charge in [-0.15, -0.1) is 0 Å². The van der Waals surface area contributed by atoms with Crippen LogP contribution < -0.4 is 10.9 Å². The molecule has 78 valence electrons. The first kappa shape index (κ1) is 10.9. The van der Waals surface area contributed by atoms with Crippen LogP contribution in [0.2, 0.25) is 0 Å². The Morgan fingerprint density at radius 2 is 2.21 bits per heavy atom. The average molecular weight is 197 g/mol. The van der Waals surface area contributed by atoms with E-state index in [0.717, 1.165) is 0 Å². The van der Waals surface area contributed by atoms with Gasteiger partial charge in [0.1, 0.15) is 5.75 Å². The van der Waals surface area contributed by atoms with Gasteiger partial charge in [-0.2, -0.15) is 0 Å². The summed E-state index contributed by atoms with van der Waals surface area (Å²) in [6.07, 6.45) is 1.57. The van der Waals surface area contributed by atoms with E-state index in [-0.39, 0.29) is 12.4 Å². The van der Waals surface area contributed by atoms with E-state index in [1.807, 2.05) is 0 Å². The van der Waals surface area contributed by atoms with Gasteiger partial charge < -0.3 is 10.2 Å². The van der Waals surface area contributed by atoms with Crippen LogP contribution in [0.5, 0.6) is 5.75 Å². The summed E-state index contributed by atoms with van der Waals surface area (Å²) in [7, 11) is 1.74. The summed E-state index contributed by atoms with van der Waals surface area (Å²) in [4.78, 5) is 3.96. The molecule has 1 aromatic rings. The third-order valence-electron chi connectivity index (χ3n) is 2.04. The zero-order chi connectivity index (χ0) is 10.6. The van der Waals surface area contributed by atoms with Crippen molar-refractivity contribution in [2.45, 2.75) is 20.1 Å². The monoisotopic (exact) mass is 197 g/mol. The maximum atomic E-state index is 9.69. The van der Waals surface area contributed by atoms with Gasteiger partial charge in [-0.1, -0.05) is 0 Å². The van der Waals surface area contributed by atoms with Crippen molar-refractivity contribution in [1.82, 2.24) is 15.8 Å². The molecule has 0 aliphatic heterocycles. The van der Waals surface area contributed by atoms with Crippen LogP contribution in [0.15, 0.2) is 6.20 Å². The standard InChI is InChI=1S/C9H15N3O2/c1-6-9(14)8(4-12-10-2)7(5-13)3-11-6/h3,10,12-14H,4-5H2,1-2H3. The summed E-state index contributed by atoms with van der Waals surface area (Å²) < 4.78 is 0. The number of aromatic hydroxyl groups is 1. The van der Waals surface area contributed by atoms with Gasteiger partial charge >= 0.3 is 0 Å². The fourth-order valence-electron chi connectivity index (χ4n) is 1.19. The number of pyridine rings is 1. The second kappa shape index (κ2) is 4.90. The van der Waals surface area contributed by atoms with Gasteiger partial charge in [0.15, 0.2) is 0 Å². The Morgan fingerprint density at radius 3 is 2.79 bits per heavy atom. The van der Waals surface area contributed by atoms with Crippen LogP contribution in [-0.2, 0) is 13.2 Å². The molecule has 0 spiro atoms. The van der Waals surface area contributed by atoms with Gasteiger partial charge in [-0.25, -0.2) is 0 Å². The van der Waals surface area contributed by atoms with Crippen LogP contribution in [0.4, 0.5) is 0 Å². The zero-order valence-corrected chi connectivity index (χ0v) is 8.33. The van der Waals surface area contributed by atoms with E-state index >= 15 is 0 Å². The minimum absolute atomic E-state index is 0.123. The fraction of sp³-hybridized carbons (Fsp3) is 0.444. The number of aromatic nitrogens is 1. The van der Waals surface area contributed by atoms with Crippen LogP contribution >= 0.6 is 0 Å². The van der Waals surface area contributed by atoms with Crippen molar-refractivity contribution in [2.24, 2.45) is 0 Å². The molecule has 5 heteroatoms. The van der Waals surface area contributed by atoms with Crippen LogP contribution in [0.1, 0.15) is 16.8 Å². The van der Waals surface area contributed by atoms with E-state index in [2.05, 4.69) is 15.8 Å². The number of rotatable bonds is 4. The number of hydrogen-bond donors (Lipinski definition) is 4. The highest BCUT2D eigenvalue weighted by Gasteiger charge is 2.10. The van der Waals surface area contributed by atoms with Gasteiger partial charge in [-0.05, 0) is 14.0 Å². The molecule has 0 atom stereocenters. The second-order valence-corrected chi connectivity index (χ2v) is 2.96. The number of nitrogens with one attached hydrogen (secondary N) is 2. The lowest BCUT2D eigenvalue weighted by Crippen LogP contribution is -2.27. The maximum absolute atomic E-state index is 9.69. The Bertz CT molecular complexity index is 315. The SMILES string of the molecule is CNNCc1c(CO)cnc(C)c1O. The van der Waals surface area contributed by atoms with Gasteiger partial charge in [0.2, 0.25) is 0 Å². The molecular formula is C9H15N3O2. The van der Waals surface area contributed by atoms with Crippen molar-refractivity contribution in [3.05, 3.63) is 23.0 Å². The van der Waals surface area contributed by atoms with E-state index in [9.17, 15) is 5.11 Å². The first-order valence-electron chi connectivity index (χ1n) is 4.37. The molecule has 0 aliphatic rings. The van der Waals surface area contributed by atoms with E-state index in [1.165, 1.54) is 0 Å². The Morgan fingerprint density at radius 1 is 1.50 bits per heavy atom. The predicted molar refractivity (Wildman–Crippen MR) is 52.5 cm³/mol. The molecule has 0 saturated carbocycles. The molecule has 0 unspecified atom stereocenters. The highest BCUT2D eigenvalue weighted by molar-refractivity contribution is 5.40. The van der Waals surface area contributed by atoms with Crippen molar-refractivity contribution < 1.29 is 10.2 Å². The number of hydrogen-bond acceptors (Lipinski definition) is 5. The Hall–Kier alpha value is -1.17. The first-order chi connectivity index (χ1) is 6.70. The molecule has 0 saturated heterocycles. The number of nitrogens with zero attached hydrogens (tertiary/aromatic N) is 1. The number of hydrazine groups is 1. The van der Waals surface area contributed by atoms with E-state index in [4.69, 9.17) is 5.11 Å². The summed E-state index contributed by atoms with van der Waals surface area (Å²) in [6, 6.07) is 0. The van der Waals surface area contributed by atoms with Gasteiger partial charge in [0.25, 0.3) is 0 Å². The fourth-order valence-corrected chi connectivity index (χ4v) is 1.19. The van der Waals surface area contributed by atoms with Crippen LogP contribution in [0.3, 0.4) is 0 Å². The van der Waals surface area contributed by atoms with Crippen LogP contribution in [0, 0.1) is 6.92 Å². The summed E-state index contributed by atoms with van der Waals surface area (Å²) in [5.41, 5.74) is 7.48. The molecular weight excluding hydrogens is 182 g/mol. The van der Waals surface area contributed by atoms with Crippen molar-refractivity contribution >= 4 is 0 Å². The first-order valence-corrected chi connectivity index (χ1v) is 4.37. The molecule has 0 amide bonds. The minimum atomic E-state index is -0.123. The van der Waals surface area contributed by atoms with Gasteiger partial charge in [0, 0.05) is 23.9 Å². The number of aryl methyl sites for hydroxylation is 1. The van der Waals surface area contributed by atoms with Crippen molar-refractivity contribution in [2.75, 3.05) is 7.05 Å². The lowest BCUT2D eigenvalue weighted by Gasteiger charge is -2.11. The maximum Gasteiger partial charge on any atom is 0.141 e. The van der Waals surface area contributed by atoms with Gasteiger partial charge in [-0.3, -0.25) is 15.8 Å². The molecule has 1 rings (SSSR count). The smallest absolute Gasteiger partial charge is 0.141 e. The zero-order valence-electron chi connectivity index (χ0n) is 8.33. The van der Waals surface area contributed by atoms with Crippen LogP contribution in [-0.4, -0.2) is 22.2 Å². The molecule has 0 radical (unpaired) electrons. The Balaban J connectivity index is 3.01. The van der Waals surface area contributed by atoms with Gasteiger partial charge in [0.05, 0.1) is 12.3 Å². The summed E-state index contributed by atoms with van der Waals surface area (Å²) in [5, 5.41) is 18.7. The molecule has 5 nitrogen and oxygen atoms in total. The molecule has 0 aliphatic carbocycles. The number of aliphatic hydroxyl groups excluding tert-OH is 1. The normalized spacial score (nSPS) is 10.5. The Kier molecular flexibility index (Phi) is 3.82. The van der Waals surface area contributed by atoms with E-state index in [1.54, 1.807) is 20.2 Å². The average Bonchev–Trinajstić information content (AvgIpc) is 2.20. The van der Waals surface area contributed by atoms with Crippen LogP contribution in [0.25, 0.3) is 0 Å². The summed E-state index contributed by atoms with van der Waals surface area (Å²) >= 11 is 0. The largest absolute Gasteiger partial charge is 0.506 e. The number of aliphatic hydroxyl groups is 1. The highest BCUT2D eigenvalue weighted by Crippen LogP contribution is 2.23. The molecule has 4 N–H and O–H groups in total. The topological polar surface area (TPSA) is 77.4 Å².